The number of rotatable bonds is 7. The number of unbranched alkanes of at least 4 members (excludes halogenated alkanes) is 1. The molecule has 0 bridgehead atoms. The fourth-order valence-corrected chi connectivity index (χ4v) is 3.15. The third-order valence-electron chi connectivity index (χ3n) is 4.79. The van der Waals surface area contributed by atoms with Crippen LogP contribution in [0.4, 0.5) is 4.79 Å². The van der Waals surface area contributed by atoms with Gasteiger partial charge < -0.3 is 9.84 Å². The van der Waals surface area contributed by atoms with Crippen molar-refractivity contribution >= 4 is 6.16 Å². The van der Waals surface area contributed by atoms with Gasteiger partial charge in [0.1, 0.15) is 0 Å². The number of carboxylic acid groups (broad SMARTS) is 1. The van der Waals surface area contributed by atoms with Crippen molar-refractivity contribution in [2.45, 2.75) is 46.0 Å². The highest BCUT2D eigenvalue weighted by atomic mass is 16.7. The highest BCUT2D eigenvalue weighted by molar-refractivity contribution is 5.56. The molecule has 0 saturated heterocycles. The number of hydrogen-bond donors (Lipinski definition) is 1. The minimum atomic E-state index is -1.19. The Hall–Kier alpha value is -2.29. The van der Waals surface area contributed by atoms with E-state index in [1.165, 1.54) is 27.8 Å². The normalized spacial score (nSPS) is 12.0. The van der Waals surface area contributed by atoms with Crippen LogP contribution in [0.15, 0.2) is 42.5 Å². The summed E-state index contributed by atoms with van der Waals surface area (Å²) >= 11 is 0. The van der Waals surface area contributed by atoms with Crippen LogP contribution in [0.5, 0.6) is 0 Å². The molecular formula is C21H26O3. The quantitative estimate of drug-likeness (QED) is 0.531. The van der Waals surface area contributed by atoms with E-state index in [0.29, 0.717) is 5.92 Å². The fraction of sp³-hybridized carbons (Fsp3) is 0.381. The van der Waals surface area contributed by atoms with Gasteiger partial charge in [0.2, 0.25) is 0 Å². The molecular weight excluding hydrogens is 300 g/mol. The first kappa shape index (κ1) is 18.1. The summed E-state index contributed by atoms with van der Waals surface area (Å²) in [4.78, 5) is 10.4. The molecule has 128 valence electrons. The maximum atomic E-state index is 10.4. The summed E-state index contributed by atoms with van der Waals surface area (Å²) in [6, 6.07) is 15.0. The van der Waals surface area contributed by atoms with Gasteiger partial charge >= 0.3 is 6.16 Å². The van der Waals surface area contributed by atoms with Crippen LogP contribution in [0.1, 0.15) is 53.0 Å². The predicted octanol–water partition coefficient (Wildman–Crippen LogP) is 5.61. The van der Waals surface area contributed by atoms with Gasteiger partial charge in [-0.2, -0.15) is 0 Å². The number of ether oxygens (including phenoxy) is 1. The van der Waals surface area contributed by atoms with E-state index in [-0.39, 0.29) is 6.61 Å². The Balaban J connectivity index is 2.18. The SMILES string of the molecule is Cc1ccc(C(CCCCOC(=O)O)c2ccccc2)c(C)c1C. The summed E-state index contributed by atoms with van der Waals surface area (Å²) in [5, 5.41) is 8.55. The second kappa shape index (κ2) is 8.53. The number of carbonyl (C=O) groups is 1. The smallest absolute Gasteiger partial charge is 0.450 e. The van der Waals surface area contributed by atoms with Gasteiger partial charge in [-0.25, -0.2) is 4.79 Å². The van der Waals surface area contributed by atoms with Crippen LogP contribution in [0.3, 0.4) is 0 Å². The van der Waals surface area contributed by atoms with Crippen LogP contribution in [-0.4, -0.2) is 17.9 Å². The molecule has 0 fully saturated rings. The summed E-state index contributed by atoms with van der Waals surface area (Å²) in [5.41, 5.74) is 6.69. The molecule has 3 heteroatoms. The van der Waals surface area contributed by atoms with Crippen molar-refractivity contribution in [1.82, 2.24) is 0 Å². The molecule has 0 amide bonds. The summed E-state index contributed by atoms with van der Waals surface area (Å²) in [7, 11) is 0. The number of hydrogen-bond acceptors (Lipinski definition) is 2. The third kappa shape index (κ3) is 4.60. The van der Waals surface area contributed by atoms with Crippen molar-refractivity contribution in [3.05, 3.63) is 70.3 Å². The Morgan fingerprint density at radius 3 is 2.38 bits per heavy atom. The van der Waals surface area contributed by atoms with Crippen LogP contribution in [0.2, 0.25) is 0 Å². The second-order valence-corrected chi connectivity index (χ2v) is 6.30. The molecule has 24 heavy (non-hydrogen) atoms. The third-order valence-corrected chi connectivity index (χ3v) is 4.79. The Labute approximate surface area is 144 Å². The molecule has 2 aromatic carbocycles. The van der Waals surface area contributed by atoms with E-state index in [1.54, 1.807) is 0 Å². The molecule has 0 spiro atoms. The van der Waals surface area contributed by atoms with Crippen molar-refractivity contribution in [1.29, 1.82) is 0 Å². The van der Waals surface area contributed by atoms with Crippen molar-refractivity contribution in [3.63, 3.8) is 0 Å². The highest BCUT2D eigenvalue weighted by Crippen LogP contribution is 2.33. The van der Waals surface area contributed by atoms with Crippen molar-refractivity contribution < 1.29 is 14.6 Å². The Morgan fingerprint density at radius 1 is 1.00 bits per heavy atom. The van der Waals surface area contributed by atoms with E-state index in [0.717, 1.165) is 19.3 Å². The van der Waals surface area contributed by atoms with E-state index < -0.39 is 6.16 Å². The van der Waals surface area contributed by atoms with Crippen LogP contribution in [0.25, 0.3) is 0 Å². The average molecular weight is 326 g/mol. The predicted molar refractivity (Wildman–Crippen MR) is 96.8 cm³/mol. The molecule has 1 N–H and O–H groups in total. The zero-order valence-corrected chi connectivity index (χ0v) is 14.7. The Morgan fingerprint density at radius 2 is 1.71 bits per heavy atom. The minimum Gasteiger partial charge on any atom is -0.450 e. The molecule has 0 aromatic heterocycles. The summed E-state index contributed by atoms with van der Waals surface area (Å²) < 4.78 is 4.61. The highest BCUT2D eigenvalue weighted by Gasteiger charge is 2.17. The summed E-state index contributed by atoms with van der Waals surface area (Å²) in [5.74, 6) is 0.329. The van der Waals surface area contributed by atoms with Crippen molar-refractivity contribution in [2.24, 2.45) is 0 Å². The lowest BCUT2D eigenvalue weighted by Crippen LogP contribution is -2.07. The molecule has 1 atom stereocenters. The molecule has 0 aliphatic heterocycles. The van der Waals surface area contributed by atoms with E-state index >= 15 is 0 Å². The summed E-state index contributed by atoms with van der Waals surface area (Å²) in [6.07, 6.45) is 1.47. The molecule has 0 aliphatic carbocycles. The zero-order valence-electron chi connectivity index (χ0n) is 14.7. The van der Waals surface area contributed by atoms with Gasteiger partial charge in [-0.1, -0.05) is 42.5 Å². The van der Waals surface area contributed by atoms with E-state index in [1.807, 2.05) is 6.07 Å². The number of aryl methyl sites for hydroxylation is 1. The molecule has 0 heterocycles. The Kier molecular flexibility index (Phi) is 6.42. The molecule has 0 aliphatic rings. The first-order chi connectivity index (χ1) is 11.5. The largest absolute Gasteiger partial charge is 0.505 e. The fourth-order valence-electron chi connectivity index (χ4n) is 3.15. The van der Waals surface area contributed by atoms with Gasteiger partial charge in [-0.15, -0.1) is 0 Å². The lowest BCUT2D eigenvalue weighted by atomic mass is 9.83. The van der Waals surface area contributed by atoms with Gasteiger partial charge in [0.25, 0.3) is 0 Å². The van der Waals surface area contributed by atoms with E-state index in [2.05, 4.69) is 61.9 Å². The molecule has 0 saturated carbocycles. The number of benzene rings is 2. The first-order valence-corrected chi connectivity index (χ1v) is 8.48. The lowest BCUT2D eigenvalue weighted by molar-refractivity contribution is 0.0899. The molecule has 1 unspecified atom stereocenters. The van der Waals surface area contributed by atoms with Crippen LogP contribution in [0, 0.1) is 20.8 Å². The molecule has 2 rings (SSSR count). The average Bonchev–Trinajstić information content (AvgIpc) is 2.57. The second-order valence-electron chi connectivity index (χ2n) is 6.30. The molecule has 2 aromatic rings. The van der Waals surface area contributed by atoms with Crippen LogP contribution in [-0.2, 0) is 4.74 Å². The maximum absolute atomic E-state index is 10.4. The van der Waals surface area contributed by atoms with Gasteiger partial charge in [0.05, 0.1) is 6.61 Å². The van der Waals surface area contributed by atoms with E-state index in [4.69, 9.17) is 5.11 Å². The van der Waals surface area contributed by atoms with Crippen molar-refractivity contribution in [3.8, 4) is 0 Å². The van der Waals surface area contributed by atoms with Crippen LogP contribution < -0.4 is 0 Å². The van der Waals surface area contributed by atoms with Gasteiger partial charge in [-0.05, 0) is 67.9 Å². The standard InChI is InChI=1S/C21H26O3/c1-15-12-13-19(17(3)16(15)2)20(18-9-5-4-6-10-18)11-7-8-14-24-21(22)23/h4-6,9-10,12-13,20H,7-8,11,14H2,1-3H3,(H,22,23). The summed E-state index contributed by atoms with van der Waals surface area (Å²) in [6.45, 7) is 6.79. The lowest BCUT2D eigenvalue weighted by Gasteiger charge is -2.22. The van der Waals surface area contributed by atoms with Crippen molar-refractivity contribution in [2.75, 3.05) is 6.61 Å². The first-order valence-electron chi connectivity index (χ1n) is 8.48. The zero-order chi connectivity index (χ0) is 17.5. The van der Waals surface area contributed by atoms with E-state index in [9.17, 15) is 4.79 Å². The van der Waals surface area contributed by atoms with Gasteiger partial charge in [-0.3, -0.25) is 0 Å². The topological polar surface area (TPSA) is 46.5 Å². The molecule has 0 radical (unpaired) electrons. The monoisotopic (exact) mass is 326 g/mol. The molecule has 3 nitrogen and oxygen atoms in total. The van der Waals surface area contributed by atoms with Gasteiger partial charge in [0.15, 0.2) is 0 Å². The van der Waals surface area contributed by atoms with Crippen LogP contribution >= 0.6 is 0 Å². The maximum Gasteiger partial charge on any atom is 0.505 e. The minimum absolute atomic E-state index is 0.267. The Bertz CT molecular complexity index is 677. The van der Waals surface area contributed by atoms with Gasteiger partial charge in [0, 0.05) is 5.92 Å².